The van der Waals surface area contributed by atoms with E-state index in [2.05, 4.69) is 15.4 Å². The predicted octanol–water partition coefficient (Wildman–Crippen LogP) is 1.60. The predicted molar refractivity (Wildman–Crippen MR) is 132 cm³/mol. The Morgan fingerprint density at radius 3 is 1.89 bits per heavy atom. The van der Waals surface area contributed by atoms with Crippen molar-refractivity contribution in [2.45, 2.75) is 91.5 Å². The number of amides is 5. The molecule has 0 heterocycles. The summed E-state index contributed by atoms with van der Waals surface area (Å²) >= 11 is 0. The number of hydrogen-bond donors (Lipinski definition) is 5. The van der Waals surface area contributed by atoms with Gasteiger partial charge in [-0.15, -0.1) is 0 Å². The van der Waals surface area contributed by atoms with E-state index >= 15 is 0 Å². The van der Waals surface area contributed by atoms with Gasteiger partial charge in [-0.3, -0.25) is 14.9 Å². The van der Waals surface area contributed by atoms with Crippen molar-refractivity contribution < 1.29 is 34.1 Å². The van der Waals surface area contributed by atoms with E-state index in [-0.39, 0.29) is 30.6 Å². The fourth-order valence-corrected chi connectivity index (χ4v) is 3.66. The number of nitrogens with zero attached hydrogens (tertiary/aromatic N) is 1. The van der Waals surface area contributed by atoms with Crippen LogP contribution in [0, 0.1) is 23.7 Å². The van der Waals surface area contributed by atoms with E-state index in [0.29, 0.717) is 17.7 Å². The van der Waals surface area contributed by atoms with Crippen molar-refractivity contribution in [3.05, 3.63) is 0 Å². The van der Waals surface area contributed by atoms with Gasteiger partial charge in [-0.1, -0.05) is 41.5 Å². The van der Waals surface area contributed by atoms with Gasteiger partial charge in [0.1, 0.15) is 0 Å². The van der Waals surface area contributed by atoms with E-state index < -0.39 is 54.1 Å². The maximum absolute atomic E-state index is 12.8. The first-order valence-electron chi connectivity index (χ1n) is 12.2. The third-order valence-electron chi connectivity index (χ3n) is 5.82. The molecule has 0 fully saturated rings. The Bertz CT molecular complexity index is 699. The van der Waals surface area contributed by atoms with Gasteiger partial charge in [-0.25, -0.2) is 14.5 Å². The molecule has 35 heavy (non-hydrogen) atoms. The van der Waals surface area contributed by atoms with Gasteiger partial charge in [0, 0.05) is 19.0 Å². The van der Waals surface area contributed by atoms with E-state index in [1.165, 1.54) is 14.2 Å². The molecule has 0 aromatic rings. The second-order valence-corrected chi connectivity index (χ2v) is 10.3. The molecule has 0 aromatic carbocycles. The van der Waals surface area contributed by atoms with Gasteiger partial charge in [0.05, 0.1) is 31.8 Å². The van der Waals surface area contributed by atoms with Gasteiger partial charge in [-0.05, 0) is 37.0 Å². The smallest absolute Gasteiger partial charge is 0.331 e. The molecule has 2 unspecified atom stereocenters. The van der Waals surface area contributed by atoms with Crippen LogP contribution in [0.5, 0.6) is 0 Å². The molecule has 0 rings (SSSR count). The Labute approximate surface area is 209 Å². The lowest BCUT2D eigenvalue weighted by Crippen LogP contribution is -2.54. The number of carbonyl (C=O) groups is 4. The first-order valence-corrected chi connectivity index (χ1v) is 12.2. The van der Waals surface area contributed by atoms with Gasteiger partial charge in [0.15, 0.2) is 0 Å². The summed E-state index contributed by atoms with van der Waals surface area (Å²) in [5, 5.41) is 25.6. The summed E-state index contributed by atoms with van der Waals surface area (Å²) in [4.78, 5) is 50.3. The molecule has 5 amide bonds. The molecule has 0 saturated heterocycles. The second kappa shape index (κ2) is 15.7. The minimum absolute atomic E-state index is 0.0774. The van der Waals surface area contributed by atoms with E-state index in [0.717, 1.165) is 0 Å². The van der Waals surface area contributed by atoms with Crippen LogP contribution in [0.1, 0.15) is 67.2 Å². The van der Waals surface area contributed by atoms with Crippen LogP contribution in [0.3, 0.4) is 0 Å². The van der Waals surface area contributed by atoms with Crippen molar-refractivity contribution in [1.29, 1.82) is 0 Å². The molecule has 0 bridgehead atoms. The zero-order valence-corrected chi connectivity index (χ0v) is 22.4. The summed E-state index contributed by atoms with van der Waals surface area (Å²) in [7, 11) is 2.39. The Balaban J connectivity index is 5.21. The van der Waals surface area contributed by atoms with E-state index in [1.54, 1.807) is 13.8 Å². The molecule has 204 valence electrons. The number of methoxy groups -OCH3 is 1. The molecule has 0 aliphatic rings. The Hall–Kier alpha value is -2.24. The van der Waals surface area contributed by atoms with Crippen molar-refractivity contribution in [2.24, 2.45) is 29.4 Å². The minimum atomic E-state index is -1.21. The number of hydrogen-bond acceptors (Lipinski definition) is 8. The Kier molecular flexibility index (Phi) is 14.7. The highest BCUT2D eigenvalue weighted by Gasteiger charge is 2.32. The summed E-state index contributed by atoms with van der Waals surface area (Å²) in [5.74, 6) is -1.78. The summed E-state index contributed by atoms with van der Waals surface area (Å²) in [6.45, 7) is 11.3. The van der Waals surface area contributed by atoms with Crippen LogP contribution in [0.2, 0.25) is 0 Å². The van der Waals surface area contributed by atoms with Gasteiger partial charge in [0.25, 0.3) is 0 Å². The van der Waals surface area contributed by atoms with Crippen LogP contribution in [0.15, 0.2) is 0 Å². The van der Waals surface area contributed by atoms with Crippen molar-refractivity contribution >= 4 is 23.9 Å². The largest absolute Gasteiger partial charge is 0.469 e. The second-order valence-electron chi connectivity index (χ2n) is 10.3. The standard InChI is InChI=1S/C24H46N4O7/c1-13(2)9-17(25)19(29)11-16(15(5)6)22(32)27-24(34)28(7)23(33)26-18(10-14(3)4)20(30)12-21(31)35-8/h13-20,29-30H,9-12,25H2,1-8H3,(H,26,33)(H,27,32,34)/t16-,17-,18?,19-,20?/m0/s1. The summed E-state index contributed by atoms with van der Waals surface area (Å²) < 4.78 is 4.56. The molecule has 0 spiro atoms. The van der Waals surface area contributed by atoms with E-state index in [9.17, 15) is 29.4 Å². The molecule has 6 N–H and O–H groups in total. The van der Waals surface area contributed by atoms with Crippen molar-refractivity contribution in [3.63, 3.8) is 0 Å². The van der Waals surface area contributed by atoms with Crippen LogP contribution in [0.4, 0.5) is 9.59 Å². The number of rotatable bonds is 13. The van der Waals surface area contributed by atoms with Crippen LogP contribution in [-0.2, 0) is 14.3 Å². The van der Waals surface area contributed by atoms with Crippen LogP contribution >= 0.6 is 0 Å². The van der Waals surface area contributed by atoms with Gasteiger partial charge in [-0.2, -0.15) is 0 Å². The van der Waals surface area contributed by atoms with Gasteiger partial charge >= 0.3 is 18.0 Å². The molecule has 0 radical (unpaired) electrons. The minimum Gasteiger partial charge on any atom is -0.469 e. The topological polar surface area (TPSA) is 171 Å². The van der Waals surface area contributed by atoms with Crippen molar-refractivity contribution in [3.8, 4) is 0 Å². The molecular weight excluding hydrogens is 456 g/mol. The lowest BCUT2D eigenvalue weighted by Gasteiger charge is -2.28. The van der Waals surface area contributed by atoms with Gasteiger partial charge < -0.3 is 26.0 Å². The first kappa shape index (κ1) is 32.8. The fourth-order valence-electron chi connectivity index (χ4n) is 3.66. The van der Waals surface area contributed by atoms with Crippen molar-refractivity contribution in [2.75, 3.05) is 14.2 Å². The molecule has 0 aromatic heterocycles. The van der Waals surface area contributed by atoms with Crippen LogP contribution in [-0.4, -0.2) is 77.5 Å². The number of esters is 1. The molecule has 5 atom stereocenters. The van der Waals surface area contributed by atoms with Crippen LogP contribution in [0.25, 0.3) is 0 Å². The zero-order chi connectivity index (χ0) is 27.5. The number of ether oxygens (including phenoxy) is 1. The maximum Gasteiger partial charge on any atom is 0.331 e. The third kappa shape index (κ3) is 12.3. The summed E-state index contributed by atoms with van der Waals surface area (Å²) in [5.41, 5.74) is 6.04. The molecule has 0 saturated carbocycles. The molecular formula is C24H46N4O7. The lowest BCUT2D eigenvalue weighted by atomic mass is 9.86. The normalized spacial score (nSPS) is 15.8. The first-order chi connectivity index (χ1) is 16.1. The van der Waals surface area contributed by atoms with E-state index in [1.807, 2.05) is 27.7 Å². The SMILES string of the molecule is COC(=O)CC(O)C(CC(C)C)NC(=O)N(C)C(=O)NC(=O)[C@@H](C[C@H](O)[C@@H](N)CC(C)C)C(C)C. The number of aliphatic hydroxyl groups excluding tert-OH is 2. The molecule has 11 heteroatoms. The number of carbonyl (C=O) groups excluding carboxylic acids is 4. The quantitative estimate of drug-likeness (QED) is 0.236. The molecule has 0 aliphatic carbocycles. The Morgan fingerprint density at radius 1 is 0.886 bits per heavy atom. The average molecular weight is 503 g/mol. The van der Waals surface area contributed by atoms with Crippen molar-refractivity contribution in [1.82, 2.24) is 15.5 Å². The molecule has 11 nitrogen and oxygen atoms in total. The Morgan fingerprint density at radius 2 is 1.43 bits per heavy atom. The summed E-state index contributed by atoms with van der Waals surface area (Å²) in [6, 6.07) is -3.11. The zero-order valence-electron chi connectivity index (χ0n) is 22.4. The number of nitrogens with one attached hydrogen (secondary N) is 2. The van der Waals surface area contributed by atoms with E-state index in [4.69, 9.17) is 5.73 Å². The highest BCUT2D eigenvalue weighted by atomic mass is 16.5. The summed E-state index contributed by atoms with van der Waals surface area (Å²) in [6.07, 6.45) is -1.43. The number of nitrogens with two attached hydrogens (primary N) is 1. The fraction of sp³-hybridized carbons (Fsp3) is 0.833. The highest BCUT2D eigenvalue weighted by molar-refractivity contribution is 6.02. The lowest BCUT2D eigenvalue weighted by molar-refractivity contribution is -0.143. The number of urea groups is 2. The highest BCUT2D eigenvalue weighted by Crippen LogP contribution is 2.21. The van der Waals surface area contributed by atoms with Gasteiger partial charge in [0.2, 0.25) is 5.91 Å². The average Bonchev–Trinajstić information content (AvgIpc) is 2.74. The monoisotopic (exact) mass is 502 g/mol. The maximum atomic E-state index is 12.8. The molecule has 0 aliphatic heterocycles. The van der Waals surface area contributed by atoms with Crippen LogP contribution < -0.4 is 16.4 Å². The number of imide groups is 2. The number of aliphatic hydroxyl groups is 2. The third-order valence-corrected chi connectivity index (χ3v) is 5.82.